The van der Waals surface area contributed by atoms with Crippen LogP contribution in [0.1, 0.15) is 31.1 Å². The Bertz CT molecular complexity index is 396. The highest BCUT2D eigenvalue weighted by atomic mass is 127. The van der Waals surface area contributed by atoms with E-state index >= 15 is 0 Å². The number of benzene rings is 1. The summed E-state index contributed by atoms with van der Waals surface area (Å²) in [6, 6.07) is 5.39. The predicted octanol–water partition coefficient (Wildman–Crippen LogP) is 2.83. The number of rotatable bonds is 2. The molecule has 0 spiro atoms. The van der Waals surface area contributed by atoms with Gasteiger partial charge in [-0.05, 0) is 61.6 Å². The number of hydrogen-bond donors (Lipinski definition) is 1. The zero-order valence-electron chi connectivity index (χ0n) is 9.93. The standard InChI is InChI=1S/C12H16INO2/c1-12(2,3)14-11(15)8-5-6-10(16-4)9(13)7-8/h5-7H,1-4H3,(H,14,15). The van der Waals surface area contributed by atoms with Gasteiger partial charge in [0, 0.05) is 11.1 Å². The van der Waals surface area contributed by atoms with Gasteiger partial charge in [-0.25, -0.2) is 0 Å². The minimum atomic E-state index is -0.220. The van der Waals surface area contributed by atoms with Crippen LogP contribution in [0.3, 0.4) is 0 Å². The number of amides is 1. The number of carbonyl (C=O) groups is 1. The molecule has 3 nitrogen and oxygen atoms in total. The van der Waals surface area contributed by atoms with Crippen molar-refractivity contribution in [1.29, 1.82) is 0 Å². The van der Waals surface area contributed by atoms with Crippen molar-refractivity contribution in [1.82, 2.24) is 5.32 Å². The van der Waals surface area contributed by atoms with E-state index in [1.54, 1.807) is 19.2 Å². The zero-order valence-corrected chi connectivity index (χ0v) is 12.1. The minimum absolute atomic E-state index is 0.0620. The molecule has 16 heavy (non-hydrogen) atoms. The summed E-state index contributed by atoms with van der Waals surface area (Å²) >= 11 is 2.15. The van der Waals surface area contributed by atoms with Gasteiger partial charge in [0.05, 0.1) is 10.7 Å². The van der Waals surface area contributed by atoms with Gasteiger partial charge in [0.1, 0.15) is 5.75 Å². The first kappa shape index (κ1) is 13.3. The highest BCUT2D eigenvalue weighted by molar-refractivity contribution is 14.1. The van der Waals surface area contributed by atoms with Crippen LogP contribution in [0.25, 0.3) is 0 Å². The van der Waals surface area contributed by atoms with E-state index in [0.717, 1.165) is 9.32 Å². The predicted molar refractivity (Wildman–Crippen MR) is 72.9 cm³/mol. The van der Waals surface area contributed by atoms with Gasteiger partial charge in [0.2, 0.25) is 0 Å². The lowest BCUT2D eigenvalue weighted by Gasteiger charge is -2.20. The molecule has 0 aromatic heterocycles. The molecule has 0 atom stereocenters. The summed E-state index contributed by atoms with van der Waals surface area (Å²) in [6.07, 6.45) is 0. The maximum atomic E-state index is 11.9. The average molecular weight is 333 g/mol. The van der Waals surface area contributed by atoms with Crippen molar-refractivity contribution < 1.29 is 9.53 Å². The molecule has 0 aliphatic heterocycles. The van der Waals surface area contributed by atoms with Gasteiger partial charge in [0.15, 0.2) is 0 Å². The minimum Gasteiger partial charge on any atom is -0.496 e. The van der Waals surface area contributed by atoms with E-state index in [1.807, 2.05) is 26.8 Å². The fourth-order valence-corrected chi connectivity index (χ4v) is 1.96. The van der Waals surface area contributed by atoms with Gasteiger partial charge in [-0.2, -0.15) is 0 Å². The summed E-state index contributed by atoms with van der Waals surface area (Å²) in [5.74, 6) is 0.723. The Balaban J connectivity index is 2.89. The Kier molecular flexibility index (Phi) is 4.18. The van der Waals surface area contributed by atoms with Crippen molar-refractivity contribution in [3.05, 3.63) is 27.3 Å². The first-order chi connectivity index (χ1) is 7.33. The number of carbonyl (C=O) groups excluding carboxylic acids is 1. The maximum absolute atomic E-state index is 11.9. The first-order valence-electron chi connectivity index (χ1n) is 4.99. The molecule has 0 aliphatic carbocycles. The van der Waals surface area contributed by atoms with E-state index in [9.17, 15) is 4.79 Å². The summed E-state index contributed by atoms with van der Waals surface area (Å²) in [4.78, 5) is 11.9. The Morgan fingerprint density at radius 1 is 1.38 bits per heavy atom. The Morgan fingerprint density at radius 2 is 2.00 bits per heavy atom. The molecule has 1 amide bonds. The van der Waals surface area contributed by atoms with Gasteiger partial charge in [0.25, 0.3) is 5.91 Å². The van der Waals surface area contributed by atoms with Crippen LogP contribution in [-0.4, -0.2) is 18.6 Å². The number of nitrogens with one attached hydrogen (secondary N) is 1. The van der Waals surface area contributed by atoms with Gasteiger partial charge >= 0.3 is 0 Å². The second-order valence-electron chi connectivity index (χ2n) is 4.55. The largest absolute Gasteiger partial charge is 0.496 e. The van der Waals surface area contributed by atoms with Crippen LogP contribution in [0, 0.1) is 3.57 Å². The summed E-state index contributed by atoms with van der Waals surface area (Å²) in [5, 5.41) is 2.92. The van der Waals surface area contributed by atoms with Crippen molar-refractivity contribution in [3.8, 4) is 5.75 Å². The molecular weight excluding hydrogens is 317 g/mol. The maximum Gasteiger partial charge on any atom is 0.251 e. The number of methoxy groups -OCH3 is 1. The van der Waals surface area contributed by atoms with Crippen LogP contribution in [0.4, 0.5) is 0 Å². The van der Waals surface area contributed by atoms with Gasteiger partial charge in [-0.3, -0.25) is 4.79 Å². The van der Waals surface area contributed by atoms with Crippen LogP contribution in [0.15, 0.2) is 18.2 Å². The first-order valence-corrected chi connectivity index (χ1v) is 6.07. The summed E-state index contributed by atoms with van der Waals surface area (Å²) in [6.45, 7) is 5.87. The number of hydrogen-bond acceptors (Lipinski definition) is 2. The Labute approximate surface area is 110 Å². The lowest BCUT2D eigenvalue weighted by molar-refractivity contribution is 0.0919. The second kappa shape index (κ2) is 5.03. The molecule has 0 saturated heterocycles. The topological polar surface area (TPSA) is 38.3 Å². The lowest BCUT2D eigenvalue weighted by atomic mass is 10.1. The normalized spacial score (nSPS) is 11.1. The number of halogens is 1. The van der Waals surface area contributed by atoms with E-state index in [-0.39, 0.29) is 11.4 Å². The lowest BCUT2D eigenvalue weighted by Crippen LogP contribution is -2.40. The van der Waals surface area contributed by atoms with Crippen molar-refractivity contribution in [2.45, 2.75) is 26.3 Å². The molecule has 0 aliphatic rings. The zero-order chi connectivity index (χ0) is 12.3. The van der Waals surface area contributed by atoms with Crippen molar-refractivity contribution in [2.75, 3.05) is 7.11 Å². The SMILES string of the molecule is COc1ccc(C(=O)NC(C)(C)C)cc1I. The van der Waals surface area contributed by atoms with E-state index in [1.165, 1.54) is 0 Å². The van der Waals surface area contributed by atoms with Crippen molar-refractivity contribution in [3.63, 3.8) is 0 Å². The third-order valence-corrected chi connectivity index (χ3v) is 2.75. The van der Waals surface area contributed by atoms with Crippen LogP contribution < -0.4 is 10.1 Å². The van der Waals surface area contributed by atoms with Crippen molar-refractivity contribution >= 4 is 28.5 Å². The molecule has 0 radical (unpaired) electrons. The molecule has 1 aromatic rings. The van der Waals surface area contributed by atoms with Gasteiger partial charge < -0.3 is 10.1 Å². The molecule has 0 bridgehead atoms. The van der Waals surface area contributed by atoms with Crippen LogP contribution in [0.5, 0.6) is 5.75 Å². The molecule has 88 valence electrons. The van der Waals surface area contributed by atoms with Crippen LogP contribution in [-0.2, 0) is 0 Å². The summed E-state index contributed by atoms with van der Waals surface area (Å²) in [5.41, 5.74) is 0.433. The smallest absolute Gasteiger partial charge is 0.251 e. The molecule has 1 aromatic carbocycles. The van der Waals surface area contributed by atoms with Crippen LogP contribution in [0.2, 0.25) is 0 Å². The van der Waals surface area contributed by atoms with Gasteiger partial charge in [-0.15, -0.1) is 0 Å². The van der Waals surface area contributed by atoms with Crippen molar-refractivity contribution in [2.24, 2.45) is 0 Å². The third-order valence-electron chi connectivity index (χ3n) is 1.90. The Morgan fingerprint density at radius 3 is 2.44 bits per heavy atom. The summed E-state index contributed by atoms with van der Waals surface area (Å²) < 4.78 is 6.07. The average Bonchev–Trinajstić information content (AvgIpc) is 2.15. The molecule has 0 saturated carbocycles. The Hall–Kier alpha value is -0.780. The number of ether oxygens (including phenoxy) is 1. The molecule has 1 N–H and O–H groups in total. The molecule has 4 heteroatoms. The molecular formula is C12H16INO2. The quantitative estimate of drug-likeness (QED) is 0.846. The fourth-order valence-electron chi connectivity index (χ4n) is 1.22. The van der Waals surface area contributed by atoms with E-state index in [4.69, 9.17) is 4.74 Å². The third kappa shape index (κ3) is 3.66. The second-order valence-corrected chi connectivity index (χ2v) is 5.72. The molecule has 1 rings (SSSR count). The highest BCUT2D eigenvalue weighted by Crippen LogP contribution is 2.21. The van der Waals surface area contributed by atoms with Gasteiger partial charge in [-0.1, -0.05) is 0 Å². The molecule has 0 heterocycles. The van der Waals surface area contributed by atoms with E-state index in [0.29, 0.717) is 5.56 Å². The fraction of sp³-hybridized carbons (Fsp3) is 0.417. The van der Waals surface area contributed by atoms with Crippen LogP contribution >= 0.6 is 22.6 Å². The molecule has 0 fully saturated rings. The van der Waals surface area contributed by atoms with E-state index in [2.05, 4.69) is 27.9 Å². The summed E-state index contributed by atoms with van der Waals surface area (Å²) in [7, 11) is 1.62. The highest BCUT2D eigenvalue weighted by Gasteiger charge is 2.15. The molecule has 0 unspecified atom stereocenters. The monoisotopic (exact) mass is 333 g/mol. The van der Waals surface area contributed by atoms with E-state index < -0.39 is 0 Å².